The van der Waals surface area contributed by atoms with Crippen LogP contribution in [-0.2, 0) is 21.4 Å². The van der Waals surface area contributed by atoms with E-state index >= 15 is 0 Å². The molecule has 1 unspecified atom stereocenters. The zero-order valence-corrected chi connectivity index (χ0v) is 24.6. The van der Waals surface area contributed by atoms with Crippen LogP contribution in [0.4, 0.5) is 0 Å². The molecule has 0 bridgehead atoms. The fourth-order valence-electron chi connectivity index (χ4n) is 3.89. The van der Waals surface area contributed by atoms with E-state index in [9.17, 15) is 14.7 Å². The van der Waals surface area contributed by atoms with Gasteiger partial charge in [0.2, 0.25) is 0 Å². The standard InChI is InChI=1S/C21H26N2O3S.C4H5NO.C4H8O2/c1-21(2,3)18-6-5-15(8-19(18)26-4)20(25)23-10-14(11-24)7-17(23)9-16-12-27-13-22-16;1-4-2-3-5-6-4;1-4(5)3-6-2/h5-8,12-13,17,24H,9-11H2,1-4H3;2-3H,1H3;3H2,1-2H3. The van der Waals surface area contributed by atoms with Gasteiger partial charge in [0.25, 0.3) is 5.91 Å². The number of hydrogen-bond acceptors (Lipinski definition) is 9. The molecule has 1 amide bonds. The van der Waals surface area contributed by atoms with Gasteiger partial charge in [0.1, 0.15) is 18.1 Å². The van der Waals surface area contributed by atoms with Crippen molar-refractivity contribution in [2.24, 2.45) is 0 Å². The van der Waals surface area contributed by atoms with Crippen LogP contribution in [0.3, 0.4) is 0 Å². The summed E-state index contributed by atoms with van der Waals surface area (Å²) in [6, 6.07) is 7.36. The zero-order chi connectivity index (χ0) is 29.0. The van der Waals surface area contributed by atoms with Gasteiger partial charge < -0.3 is 24.0 Å². The van der Waals surface area contributed by atoms with E-state index in [1.54, 1.807) is 41.1 Å². The minimum absolute atomic E-state index is 0.0381. The van der Waals surface area contributed by atoms with Crippen LogP contribution in [0.15, 0.2) is 57.5 Å². The monoisotopic (exact) mass is 557 g/mol. The maximum absolute atomic E-state index is 13.2. The molecule has 4 rings (SSSR count). The number of Topliss-reactive ketones (excluding diaryl/α,β-unsaturated/α-hetero) is 1. The summed E-state index contributed by atoms with van der Waals surface area (Å²) in [4.78, 5) is 29.3. The minimum Gasteiger partial charge on any atom is -0.496 e. The maximum Gasteiger partial charge on any atom is 0.254 e. The number of carbonyl (C=O) groups is 2. The molecule has 0 radical (unpaired) electrons. The molecular weight excluding hydrogens is 518 g/mol. The number of amides is 1. The van der Waals surface area contributed by atoms with Crippen molar-refractivity contribution < 1.29 is 28.7 Å². The number of rotatable bonds is 7. The normalized spacial score (nSPS) is 14.5. The molecule has 39 heavy (non-hydrogen) atoms. The molecule has 3 heterocycles. The van der Waals surface area contributed by atoms with Gasteiger partial charge >= 0.3 is 0 Å². The Hall–Kier alpha value is -3.34. The lowest BCUT2D eigenvalue weighted by Gasteiger charge is -2.26. The Bertz CT molecular complexity index is 1200. The van der Waals surface area contributed by atoms with Crippen LogP contribution in [0.5, 0.6) is 5.75 Å². The van der Waals surface area contributed by atoms with Gasteiger partial charge in [0.05, 0.1) is 37.2 Å². The third kappa shape index (κ3) is 10.0. The minimum atomic E-state index is -0.102. The summed E-state index contributed by atoms with van der Waals surface area (Å²) in [5.74, 6) is 1.58. The van der Waals surface area contributed by atoms with E-state index in [2.05, 4.69) is 40.2 Å². The Morgan fingerprint density at radius 2 is 1.97 bits per heavy atom. The molecule has 0 aliphatic carbocycles. The summed E-state index contributed by atoms with van der Waals surface area (Å²) in [6.45, 7) is 10.3. The molecule has 3 aromatic rings. The van der Waals surface area contributed by atoms with Gasteiger partial charge in [-0.25, -0.2) is 4.98 Å². The predicted molar refractivity (Wildman–Crippen MR) is 151 cm³/mol. The first kappa shape index (κ1) is 31.9. The summed E-state index contributed by atoms with van der Waals surface area (Å²) >= 11 is 1.54. The van der Waals surface area contributed by atoms with Crippen molar-refractivity contribution in [2.75, 3.05) is 34.0 Å². The summed E-state index contributed by atoms with van der Waals surface area (Å²) in [5, 5.41) is 15.0. The number of ether oxygens (including phenoxy) is 2. The van der Waals surface area contributed by atoms with Crippen LogP contribution in [0.25, 0.3) is 0 Å². The van der Waals surface area contributed by atoms with Crippen molar-refractivity contribution >= 4 is 23.0 Å². The smallest absolute Gasteiger partial charge is 0.254 e. The van der Waals surface area contributed by atoms with Crippen molar-refractivity contribution in [3.05, 3.63) is 75.6 Å². The number of aliphatic hydroxyl groups is 1. The molecule has 1 N–H and O–H groups in total. The van der Waals surface area contributed by atoms with Crippen LogP contribution >= 0.6 is 11.3 Å². The number of thiazole rings is 1. The summed E-state index contributed by atoms with van der Waals surface area (Å²) in [6.07, 6.45) is 4.25. The van der Waals surface area contributed by atoms with Crippen molar-refractivity contribution in [3.8, 4) is 5.75 Å². The van der Waals surface area contributed by atoms with E-state index in [0.29, 0.717) is 18.5 Å². The number of carbonyl (C=O) groups excluding carboxylic acids is 2. The molecule has 212 valence electrons. The van der Waals surface area contributed by atoms with Gasteiger partial charge in [-0.1, -0.05) is 38.1 Å². The lowest BCUT2D eigenvalue weighted by molar-refractivity contribution is -0.120. The molecule has 1 aliphatic rings. The van der Waals surface area contributed by atoms with E-state index in [1.165, 1.54) is 14.0 Å². The molecule has 1 aromatic carbocycles. The van der Waals surface area contributed by atoms with Gasteiger partial charge in [0.15, 0.2) is 5.78 Å². The van der Waals surface area contributed by atoms with Crippen molar-refractivity contribution in [1.82, 2.24) is 15.0 Å². The Balaban J connectivity index is 0.000000367. The number of ketones is 1. The Kier molecular flexibility index (Phi) is 12.5. The maximum atomic E-state index is 13.2. The third-order valence-corrected chi connectivity index (χ3v) is 6.37. The molecule has 9 nitrogen and oxygen atoms in total. The van der Waals surface area contributed by atoms with Gasteiger partial charge in [0, 0.05) is 37.1 Å². The average molecular weight is 558 g/mol. The lowest BCUT2D eigenvalue weighted by Crippen LogP contribution is -2.38. The first-order valence-electron chi connectivity index (χ1n) is 12.5. The summed E-state index contributed by atoms with van der Waals surface area (Å²) in [5.41, 5.74) is 5.20. The van der Waals surface area contributed by atoms with Gasteiger partial charge in [-0.15, -0.1) is 11.3 Å². The van der Waals surface area contributed by atoms with E-state index in [0.717, 1.165) is 28.3 Å². The third-order valence-electron chi connectivity index (χ3n) is 5.74. The lowest BCUT2D eigenvalue weighted by atomic mass is 9.85. The van der Waals surface area contributed by atoms with E-state index < -0.39 is 0 Å². The van der Waals surface area contributed by atoms with Crippen LogP contribution in [0, 0.1) is 6.92 Å². The molecular formula is C29H39N3O6S. The van der Waals surface area contributed by atoms with E-state index in [4.69, 9.17) is 4.74 Å². The highest BCUT2D eigenvalue weighted by Crippen LogP contribution is 2.33. The largest absolute Gasteiger partial charge is 0.496 e. The number of aliphatic hydroxyl groups excluding tert-OH is 1. The molecule has 10 heteroatoms. The number of nitrogens with zero attached hydrogens (tertiary/aromatic N) is 3. The number of methoxy groups -OCH3 is 2. The summed E-state index contributed by atoms with van der Waals surface area (Å²) < 4.78 is 14.6. The fraction of sp³-hybridized carbons (Fsp3) is 0.448. The second-order valence-corrected chi connectivity index (χ2v) is 10.8. The SMILES string of the molecule is COCC(C)=O.COc1cc(C(=O)N2CC(CO)=CC2Cc2cscn2)ccc1C(C)(C)C.Cc1ccno1. The van der Waals surface area contributed by atoms with E-state index in [1.807, 2.05) is 36.6 Å². The van der Waals surface area contributed by atoms with Crippen LogP contribution in [-0.4, -0.2) is 71.9 Å². The highest BCUT2D eigenvalue weighted by atomic mass is 32.1. The highest BCUT2D eigenvalue weighted by Gasteiger charge is 2.31. The number of benzene rings is 1. The topological polar surface area (TPSA) is 115 Å². The Morgan fingerprint density at radius 3 is 2.41 bits per heavy atom. The number of aryl methyl sites for hydroxylation is 1. The molecule has 0 fully saturated rings. The fourth-order valence-corrected chi connectivity index (χ4v) is 4.46. The van der Waals surface area contributed by atoms with Gasteiger partial charge in [-0.2, -0.15) is 0 Å². The zero-order valence-electron chi connectivity index (χ0n) is 23.8. The van der Waals surface area contributed by atoms with Crippen molar-refractivity contribution in [2.45, 2.75) is 52.5 Å². The van der Waals surface area contributed by atoms with Crippen molar-refractivity contribution in [1.29, 1.82) is 0 Å². The second kappa shape index (κ2) is 15.3. The van der Waals surface area contributed by atoms with Crippen molar-refractivity contribution in [3.63, 3.8) is 0 Å². The van der Waals surface area contributed by atoms with E-state index in [-0.39, 0.29) is 36.4 Å². The molecule has 0 saturated heterocycles. The van der Waals surface area contributed by atoms with Crippen LogP contribution < -0.4 is 4.74 Å². The van der Waals surface area contributed by atoms with Crippen LogP contribution in [0.1, 0.15) is 55.1 Å². The molecule has 2 aromatic heterocycles. The van der Waals surface area contributed by atoms with Gasteiger partial charge in [-0.3, -0.25) is 9.59 Å². The first-order chi connectivity index (χ1) is 18.5. The van der Waals surface area contributed by atoms with Crippen LogP contribution in [0.2, 0.25) is 0 Å². The molecule has 0 saturated carbocycles. The quantitative estimate of drug-likeness (QED) is 0.418. The summed E-state index contributed by atoms with van der Waals surface area (Å²) in [7, 11) is 3.13. The Morgan fingerprint density at radius 1 is 1.23 bits per heavy atom. The number of hydrogen-bond donors (Lipinski definition) is 1. The molecule has 1 aliphatic heterocycles. The number of aromatic nitrogens is 2. The molecule has 0 spiro atoms. The first-order valence-corrected chi connectivity index (χ1v) is 13.5. The van der Waals surface area contributed by atoms with Gasteiger partial charge in [-0.05, 0) is 42.5 Å². The Labute approximate surface area is 234 Å². The average Bonchev–Trinajstić information content (AvgIpc) is 3.66. The molecule has 1 atom stereocenters. The second-order valence-electron chi connectivity index (χ2n) is 10.1. The highest BCUT2D eigenvalue weighted by molar-refractivity contribution is 7.07. The predicted octanol–water partition coefficient (Wildman–Crippen LogP) is 4.64.